The molecular formula is C19H24N4O2. The minimum Gasteiger partial charge on any atom is -0.337 e. The molecule has 0 radical (unpaired) electrons. The Morgan fingerprint density at radius 1 is 1.20 bits per heavy atom. The molecule has 2 aliphatic heterocycles. The lowest BCUT2D eigenvalue weighted by Crippen LogP contribution is -2.41. The van der Waals surface area contributed by atoms with Gasteiger partial charge in [0, 0.05) is 24.6 Å². The van der Waals surface area contributed by atoms with E-state index in [9.17, 15) is 4.79 Å². The van der Waals surface area contributed by atoms with Crippen molar-refractivity contribution in [3.8, 4) is 11.4 Å². The lowest BCUT2D eigenvalue weighted by molar-refractivity contribution is -0.136. The van der Waals surface area contributed by atoms with Crippen LogP contribution >= 0.6 is 0 Å². The number of benzene rings is 1. The maximum absolute atomic E-state index is 12.8. The summed E-state index contributed by atoms with van der Waals surface area (Å²) in [5.74, 6) is 1.35. The van der Waals surface area contributed by atoms with Crippen LogP contribution in [0.3, 0.4) is 0 Å². The fourth-order valence-electron chi connectivity index (χ4n) is 3.82. The van der Waals surface area contributed by atoms with Crippen LogP contribution in [-0.4, -0.2) is 40.1 Å². The monoisotopic (exact) mass is 340 g/mol. The first kappa shape index (κ1) is 16.3. The number of hydrogen-bond donors (Lipinski definition) is 1. The molecule has 2 atom stereocenters. The maximum atomic E-state index is 12.8. The van der Waals surface area contributed by atoms with Gasteiger partial charge in [0.25, 0.3) is 0 Å². The number of hydrogen-bond acceptors (Lipinski definition) is 5. The molecule has 132 valence electrons. The minimum absolute atomic E-state index is 0.0902. The predicted molar refractivity (Wildman–Crippen MR) is 93.7 cm³/mol. The number of nitrogens with zero attached hydrogens (tertiary/aromatic N) is 3. The molecule has 2 aliphatic rings. The Morgan fingerprint density at radius 3 is 2.88 bits per heavy atom. The van der Waals surface area contributed by atoms with Crippen molar-refractivity contribution in [1.29, 1.82) is 0 Å². The first-order valence-corrected chi connectivity index (χ1v) is 9.23. The van der Waals surface area contributed by atoms with E-state index in [0.717, 1.165) is 50.8 Å². The summed E-state index contributed by atoms with van der Waals surface area (Å²) in [7, 11) is 0. The lowest BCUT2D eigenvalue weighted by atomic mass is 10.0. The molecule has 2 saturated heterocycles. The predicted octanol–water partition coefficient (Wildman–Crippen LogP) is 2.93. The van der Waals surface area contributed by atoms with E-state index >= 15 is 0 Å². The second kappa shape index (κ2) is 7.35. The number of amides is 1. The van der Waals surface area contributed by atoms with Crippen molar-refractivity contribution in [1.82, 2.24) is 20.4 Å². The molecule has 0 bridgehead atoms. The highest BCUT2D eigenvalue weighted by molar-refractivity contribution is 5.77. The molecule has 1 aromatic carbocycles. The molecule has 6 nitrogen and oxygen atoms in total. The number of nitrogens with one attached hydrogen (secondary N) is 1. The summed E-state index contributed by atoms with van der Waals surface area (Å²) in [6.45, 7) is 1.80. The van der Waals surface area contributed by atoms with Gasteiger partial charge in [-0.1, -0.05) is 35.5 Å². The second-order valence-corrected chi connectivity index (χ2v) is 6.92. The Kier molecular flexibility index (Phi) is 4.78. The van der Waals surface area contributed by atoms with Gasteiger partial charge in [0.15, 0.2) is 0 Å². The van der Waals surface area contributed by atoms with Crippen LogP contribution in [0, 0.1) is 0 Å². The number of carbonyl (C=O) groups excluding carboxylic acids is 1. The molecule has 6 heteroatoms. The highest BCUT2D eigenvalue weighted by Gasteiger charge is 2.33. The van der Waals surface area contributed by atoms with Gasteiger partial charge in [-0.15, -0.1) is 0 Å². The van der Waals surface area contributed by atoms with E-state index in [1.807, 2.05) is 35.2 Å². The Bertz CT molecular complexity index is 709. The Hall–Kier alpha value is -2.21. The number of aromatic nitrogens is 2. The Morgan fingerprint density at radius 2 is 2.08 bits per heavy atom. The molecule has 2 unspecified atom stereocenters. The summed E-state index contributed by atoms with van der Waals surface area (Å²) in [4.78, 5) is 19.3. The third-order valence-corrected chi connectivity index (χ3v) is 5.17. The van der Waals surface area contributed by atoms with Crippen LogP contribution in [0.1, 0.15) is 50.5 Å². The molecule has 1 N–H and O–H groups in total. The fourth-order valence-corrected chi connectivity index (χ4v) is 3.82. The molecule has 0 spiro atoms. The maximum Gasteiger partial charge on any atom is 0.249 e. The van der Waals surface area contributed by atoms with Gasteiger partial charge in [0.05, 0.1) is 0 Å². The highest BCUT2D eigenvalue weighted by atomic mass is 16.5. The molecule has 1 amide bonds. The number of rotatable bonds is 4. The summed E-state index contributed by atoms with van der Waals surface area (Å²) in [5.41, 5.74) is 0.932. The molecule has 1 aromatic heterocycles. The van der Waals surface area contributed by atoms with Gasteiger partial charge in [-0.05, 0) is 38.6 Å². The van der Waals surface area contributed by atoms with Crippen molar-refractivity contribution in [2.75, 3.05) is 13.1 Å². The van der Waals surface area contributed by atoms with Crippen LogP contribution in [0.4, 0.5) is 0 Å². The van der Waals surface area contributed by atoms with Crippen LogP contribution in [0.2, 0.25) is 0 Å². The number of carbonyl (C=O) groups is 1. The van der Waals surface area contributed by atoms with Crippen LogP contribution in [-0.2, 0) is 4.79 Å². The van der Waals surface area contributed by atoms with Gasteiger partial charge >= 0.3 is 0 Å². The van der Waals surface area contributed by atoms with Gasteiger partial charge in [-0.2, -0.15) is 4.98 Å². The smallest absolute Gasteiger partial charge is 0.249 e. The van der Waals surface area contributed by atoms with Crippen LogP contribution in [0.25, 0.3) is 11.4 Å². The number of likely N-dealkylation sites (tertiary alicyclic amines) is 1. The van der Waals surface area contributed by atoms with Crippen molar-refractivity contribution >= 4 is 5.91 Å². The summed E-state index contributed by atoms with van der Waals surface area (Å²) in [6, 6.07) is 10.0. The van der Waals surface area contributed by atoms with Crippen molar-refractivity contribution in [3.05, 3.63) is 36.2 Å². The van der Waals surface area contributed by atoms with Gasteiger partial charge in [0.1, 0.15) is 6.04 Å². The van der Waals surface area contributed by atoms with Crippen molar-refractivity contribution in [3.63, 3.8) is 0 Å². The van der Waals surface area contributed by atoms with Crippen LogP contribution in [0.5, 0.6) is 0 Å². The molecule has 0 saturated carbocycles. The normalized spacial score (nSPS) is 23.8. The van der Waals surface area contributed by atoms with Gasteiger partial charge in [0.2, 0.25) is 17.6 Å². The molecule has 4 rings (SSSR count). The molecule has 0 aliphatic carbocycles. The quantitative estimate of drug-likeness (QED) is 0.926. The first-order valence-electron chi connectivity index (χ1n) is 9.23. The zero-order chi connectivity index (χ0) is 17.1. The molecular weight excluding hydrogens is 316 g/mol. The SMILES string of the molecule is O=C(CC1CCCN1)N1CCCCC1c1nc(-c2ccccc2)no1. The van der Waals surface area contributed by atoms with E-state index in [1.165, 1.54) is 0 Å². The van der Waals surface area contributed by atoms with E-state index in [0.29, 0.717) is 24.2 Å². The minimum atomic E-state index is -0.0902. The van der Waals surface area contributed by atoms with Crippen molar-refractivity contribution in [2.45, 2.75) is 50.6 Å². The van der Waals surface area contributed by atoms with Gasteiger partial charge in [-0.3, -0.25) is 4.79 Å². The first-order chi connectivity index (χ1) is 12.3. The third kappa shape index (κ3) is 3.58. The molecule has 25 heavy (non-hydrogen) atoms. The van der Waals surface area contributed by atoms with Crippen molar-refractivity contribution in [2.24, 2.45) is 0 Å². The fraction of sp³-hybridized carbons (Fsp3) is 0.526. The van der Waals surface area contributed by atoms with E-state index < -0.39 is 0 Å². The summed E-state index contributed by atoms with van der Waals surface area (Å²) in [6.07, 6.45) is 5.82. The number of piperidine rings is 1. The summed E-state index contributed by atoms with van der Waals surface area (Å²) in [5, 5.41) is 7.53. The van der Waals surface area contributed by atoms with Crippen molar-refractivity contribution < 1.29 is 9.32 Å². The largest absolute Gasteiger partial charge is 0.337 e. The average Bonchev–Trinajstić information content (AvgIpc) is 3.34. The van der Waals surface area contributed by atoms with Crippen LogP contribution in [0.15, 0.2) is 34.9 Å². The second-order valence-electron chi connectivity index (χ2n) is 6.92. The van der Waals surface area contributed by atoms with E-state index in [1.54, 1.807) is 0 Å². The van der Waals surface area contributed by atoms with Gasteiger partial charge < -0.3 is 14.7 Å². The zero-order valence-corrected chi connectivity index (χ0v) is 14.4. The van der Waals surface area contributed by atoms with Gasteiger partial charge in [-0.25, -0.2) is 0 Å². The zero-order valence-electron chi connectivity index (χ0n) is 14.4. The third-order valence-electron chi connectivity index (χ3n) is 5.17. The molecule has 2 fully saturated rings. The van der Waals surface area contributed by atoms with Crippen LogP contribution < -0.4 is 5.32 Å². The lowest BCUT2D eigenvalue weighted by Gasteiger charge is -2.34. The van der Waals surface area contributed by atoms with E-state index in [-0.39, 0.29) is 11.9 Å². The Balaban J connectivity index is 1.51. The summed E-state index contributed by atoms with van der Waals surface area (Å²) >= 11 is 0. The standard InChI is InChI=1S/C19H24N4O2/c24-17(13-15-9-6-11-20-15)23-12-5-4-10-16(23)19-21-18(22-25-19)14-7-2-1-3-8-14/h1-3,7-8,15-16,20H,4-6,9-13H2. The van der Waals surface area contributed by atoms with E-state index in [4.69, 9.17) is 4.52 Å². The summed E-state index contributed by atoms with van der Waals surface area (Å²) < 4.78 is 5.54. The van der Waals surface area contributed by atoms with E-state index in [2.05, 4.69) is 15.5 Å². The Labute approximate surface area is 147 Å². The average molecular weight is 340 g/mol. The molecule has 2 aromatic rings. The topological polar surface area (TPSA) is 71.3 Å². The molecule has 3 heterocycles. The highest BCUT2D eigenvalue weighted by Crippen LogP contribution is 2.32.